The van der Waals surface area contributed by atoms with Gasteiger partial charge in [0, 0.05) is 11.8 Å². The number of carbonyl (C=O) groups is 2. The van der Waals surface area contributed by atoms with Crippen LogP contribution in [0.4, 0.5) is 0 Å². The SMILES string of the molecule is CCNC(=O)C(C)SC(C)CC(=O)O. The van der Waals surface area contributed by atoms with Gasteiger partial charge in [0.05, 0.1) is 11.7 Å². The van der Waals surface area contributed by atoms with E-state index in [9.17, 15) is 9.59 Å². The molecule has 82 valence electrons. The van der Waals surface area contributed by atoms with Crippen LogP contribution in [0.25, 0.3) is 0 Å². The summed E-state index contributed by atoms with van der Waals surface area (Å²) < 4.78 is 0. The number of carboxylic acids is 1. The predicted octanol–water partition coefficient (Wildman–Crippen LogP) is 1.11. The topological polar surface area (TPSA) is 66.4 Å². The predicted molar refractivity (Wildman–Crippen MR) is 57.5 cm³/mol. The quantitative estimate of drug-likeness (QED) is 0.702. The van der Waals surface area contributed by atoms with E-state index in [0.717, 1.165) is 0 Å². The summed E-state index contributed by atoms with van der Waals surface area (Å²) in [7, 11) is 0. The Bertz CT molecular complexity index is 208. The average Bonchev–Trinajstić information content (AvgIpc) is 2.02. The maximum absolute atomic E-state index is 11.3. The zero-order chi connectivity index (χ0) is 11.1. The van der Waals surface area contributed by atoms with Crippen molar-refractivity contribution in [3.63, 3.8) is 0 Å². The molecule has 0 fully saturated rings. The summed E-state index contributed by atoms with van der Waals surface area (Å²) in [5.74, 6) is -0.858. The third-order valence-electron chi connectivity index (χ3n) is 1.62. The van der Waals surface area contributed by atoms with Crippen molar-refractivity contribution in [1.29, 1.82) is 0 Å². The van der Waals surface area contributed by atoms with Gasteiger partial charge in [-0.05, 0) is 13.8 Å². The molecule has 2 unspecified atom stereocenters. The molecule has 4 nitrogen and oxygen atoms in total. The highest BCUT2D eigenvalue weighted by molar-refractivity contribution is 8.01. The lowest BCUT2D eigenvalue weighted by Crippen LogP contribution is -2.31. The summed E-state index contributed by atoms with van der Waals surface area (Å²) in [6.45, 7) is 6.07. The van der Waals surface area contributed by atoms with E-state index in [1.54, 1.807) is 6.92 Å². The van der Waals surface area contributed by atoms with E-state index in [2.05, 4.69) is 5.32 Å². The third-order valence-corrected chi connectivity index (χ3v) is 2.87. The molecule has 0 radical (unpaired) electrons. The lowest BCUT2D eigenvalue weighted by molar-refractivity contribution is -0.136. The largest absolute Gasteiger partial charge is 0.481 e. The first-order valence-electron chi connectivity index (χ1n) is 4.62. The number of thioether (sulfide) groups is 1. The number of carbonyl (C=O) groups excluding carboxylic acids is 1. The molecule has 0 aliphatic heterocycles. The summed E-state index contributed by atoms with van der Waals surface area (Å²) in [6, 6.07) is 0. The molecule has 0 aromatic carbocycles. The molecule has 14 heavy (non-hydrogen) atoms. The van der Waals surface area contributed by atoms with Gasteiger partial charge in [0.25, 0.3) is 0 Å². The Balaban J connectivity index is 3.86. The normalized spacial score (nSPS) is 14.5. The number of hydrogen-bond acceptors (Lipinski definition) is 3. The van der Waals surface area contributed by atoms with Crippen molar-refractivity contribution in [3.05, 3.63) is 0 Å². The van der Waals surface area contributed by atoms with Gasteiger partial charge in [0.2, 0.25) is 5.91 Å². The molecular weight excluding hydrogens is 202 g/mol. The molecule has 2 N–H and O–H groups in total. The molecule has 2 atom stereocenters. The Labute approximate surface area is 88.4 Å². The number of carboxylic acid groups (broad SMARTS) is 1. The first kappa shape index (κ1) is 13.3. The molecule has 0 bridgehead atoms. The van der Waals surface area contributed by atoms with Crippen molar-refractivity contribution >= 4 is 23.6 Å². The second-order valence-electron chi connectivity index (χ2n) is 3.08. The lowest BCUT2D eigenvalue weighted by Gasteiger charge is -2.14. The summed E-state index contributed by atoms with van der Waals surface area (Å²) in [5.41, 5.74) is 0. The van der Waals surface area contributed by atoms with Crippen molar-refractivity contribution in [2.24, 2.45) is 0 Å². The number of nitrogens with one attached hydrogen (secondary N) is 1. The molecule has 0 aromatic rings. The zero-order valence-electron chi connectivity index (χ0n) is 8.74. The Hall–Kier alpha value is -0.710. The zero-order valence-corrected chi connectivity index (χ0v) is 9.56. The first-order valence-corrected chi connectivity index (χ1v) is 5.56. The van der Waals surface area contributed by atoms with Crippen LogP contribution in [0, 0.1) is 0 Å². The van der Waals surface area contributed by atoms with E-state index >= 15 is 0 Å². The van der Waals surface area contributed by atoms with Crippen LogP contribution in [0.2, 0.25) is 0 Å². The molecular formula is C9H17NO3S. The second kappa shape index (κ2) is 6.70. The minimum absolute atomic E-state index is 0.0326. The maximum Gasteiger partial charge on any atom is 0.304 e. The van der Waals surface area contributed by atoms with Crippen molar-refractivity contribution in [1.82, 2.24) is 5.32 Å². The molecule has 5 heteroatoms. The van der Waals surface area contributed by atoms with Crippen molar-refractivity contribution < 1.29 is 14.7 Å². The van der Waals surface area contributed by atoms with E-state index in [-0.39, 0.29) is 22.8 Å². The van der Waals surface area contributed by atoms with Gasteiger partial charge in [-0.3, -0.25) is 9.59 Å². The monoisotopic (exact) mass is 219 g/mol. The maximum atomic E-state index is 11.3. The Kier molecular flexibility index (Phi) is 6.36. The molecule has 0 rings (SSSR count). The number of rotatable bonds is 6. The van der Waals surface area contributed by atoms with Gasteiger partial charge in [-0.25, -0.2) is 0 Å². The fraction of sp³-hybridized carbons (Fsp3) is 0.778. The van der Waals surface area contributed by atoms with Gasteiger partial charge < -0.3 is 10.4 Å². The van der Waals surface area contributed by atoms with Gasteiger partial charge in [0.15, 0.2) is 0 Å². The minimum atomic E-state index is -0.826. The highest BCUT2D eigenvalue weighted by Crippen LogP contribution is 2.19. The molecule has 1 amide bonds. The van der Waals surface area contributed by atoms with E-state index in [4.69, 9.17) is 5.11 Å². The number of hydrogen-bond donors (Lipinski definition) is 2. The van der Waals surface area contributed by atoms with Crippen LogP contribution in [-0.4, -0.2) is 34.0 Å². The van der Waals surface area contributed by atoms with Crippen molar-refractivity contribution in [2.45, 2.75) is 37.7 Å². The van der Waals surface area contributed by atoms with Crippen LogP contribution >= 0.6 is 11.8 Å². The minimum Gasteiger partial charge on any atom is -0.481 e. The Morgan fingerprint density at radius 2 is 2.00 bits per heavy atom. The fourth-order valence-electron chi connectivity index (χ4n) is 1.02. The van der Waals surface area contributed by atoms with Crippen LogP contribution in [0.5, 0.6) is 0 Å². The number of amides is 1. The van der Waals surface area contributed by atoms with Gasteiger partial charge in [-0.2, -0.15) is 0 Å². The molecule has 0 spiro atoms. The molecule has 0 aliphatic rings. The van der Waals surface area contributed by atoms with Crippen molar-refractivity contribution in [3.8, 4) is 0 Å². The van der Waals surface area contributed by atoms with Crippen LogP contribution in [-0.2, 0) is 9.59 Å². The van der Waals surface area contributed by atoms with Gasteiger partial charge in [-0.15, -0.1) is 11.8 Å². The van der Waals surface area contributed by atoms with Crippen LogP contribution < -0.4 is 5.32 Å². The van der Waals surface area contributed by atoms with Gasteiger partial charge in [0.1, 0.15) is 0 Å². The smallest absolute Gasteiger partial charge is 0.304 e. The Morgan fingerprint density at radius 1 is 1.43 bits per heavy atom. The molecule has 0 aliphatic carbocycles. The first-order chi connectivity index (χ1) is 6.47. The molecule has 0 heterocycles. The summed E-state index contributed by atoms with van der Waals surface area (Å²) in [5, 5.41) is 11.0. The summed E-state index contributed by atoms with van der Waals surface area (Å²) in [6.07, 6.45) is 0.0917. The number of aliphatic carboxylic acids is 1. The van der Waals surface area contributed by atoms with E-state index in [1.165, 1.54) is 11.8 Å². The molecule has 0 aromatic heterocycles. The summed E-state index contributed by atoms with van der Waals surface area (Å²) in [4.78, 5) is 21.7. The highest BCUT2D eigenvalue weighted by atomic mass is 32.2. The van der Waals surface area contributed by atoms with Crippen LogP contribution in [0.3, 0.4) is 0 Å². The van der Waals surface area contributed by atoms with Crippen molar-refractivity contribution in [2.75, 3.05) is 6.54 Å². The second-order valence-corrected chi connectivity index (χ2v) is 4.87. The van der Waals surface area contributed by atoms with Gasteiger partial charge >= 0.3 is 5.97 Å². The Morgan fingerprint density at radius 3 is 2.43 bits per heavy atom. The van der Waals surface area contributed by atoms with E-state index in [1.807, 2.05) is 13.8 Å². The lowest BCUT2D eigenvalue weighted by atomic mass is 10.3. The highest BCUT2D eigenvalue weighted by Gasteiger charge is 2.17. The average molecular weight is 219 g/mol. The standard InChI is InChI=1S/C9H17NO3S/c1-4-10-9(13)7(3)14-6(2)5-8(11)12/h6-7H,4-5H2,1-3H3,(H,10,13)(H,11,12). The van der Waals surface area contributed by atoms with Gasteiger partial charge in [-0.1, -0.05) is 6.92 Å². The third kappa shape index (κ3) is 5.85. The molecule has 0 saturated heterocycles. The van der Waals surface area contributed by atoms with E-state index in [0.29, 0.717) is 6.54 Å². The fourth-order valence-corrected chi connectivity index (χ4v) is 2.16. The van der Waals surface area contributed by atoms with Crippen LogP contribution in [0.1, 0.15) is 27.2 Å². The van der Waals surface area contributed by atoms with E-state index < -0.39 is 5.97 Å². The summed E-state index contributed by atoms with van der Waals surface area (Å²) >= 11 is 1.38. The van der Waals surface area contributed by atoms with Crippen LogP contribution in [0.15, 0.2) is 0 Å². The molecule has 0 saturated carbocycles.